The minimum atomic E-state index is -0.614. The second kappa shape index (κ2) is 6.97. The van der Waals surface area contributed by atoms with E-state index in [-0.39, 0.29) is 72.8 Å². The van der Waals surface area contributed by atoms with Crippen LogP contribution in [0.15, 0.2) is 12.1 Å². The molecular weight excluding hydrogens is 473 g/mol. The van der Waals surface area contributed by atoms with E-state index in [1.165, 1.54) is 6.07 Å². The maximum atomic E-state index is 12.5. The van der Waals surface area contributed by atoms with Crippen molar-refractivity contribution in [2.24, 2.45) is 0 Å². The van der Waals surface area contributed by atoms with Gasteiger partial charge in [0.25, 0.3) is 5.69 Å². The molecule has 0 aromatic heterocycles. The zero-order valence-corrected chi connectivity index (χ0v) is 16.3. The Labute approximate surface area is 153 Å². The Morgan fingerprint density at radius 2 is 2.15 bits per heavy atom. The van der Waals surface area contributed by atoms with Crippen molar-refractivity contribution in [2.45, 2.75) is 25.8 Å². The Bertz CT molecular complexity index is 548. The normalized spacial score (nSPS) is 18.6. The molecule has 0 aliphatic carbocycles. The molecule has 1 saturated heterocycles. The molecule has 1 unspecified atom stereocenters. The summed E-state index contributed by atoms with van der Waals surface area (Å²) in [7, 11) is 1.87. The van der Waals surface area contributed by atoms with Crippen LogP contribution >= 0.6 is 0 Å². The number of likely N-dealkylation sites (tertiary alicyclic amines) is 1. The average Bonchev–Trinajstić information content (AvgIpc) is 2.74. The summed E-state index contributed by atoms with van der Waals surface area (Å²) in [6.07, 6.45) is 1.69. The van der Waals surface area contributed by atoms with Crippen molar-refractivity contribution in [3.63, 3.8) is 0 Å². The smallest absolute Gasteiger partial charge is 0.255 e. The third kappa shape index (κ3) is 3.21. The number of rotatable bonds is 3. The van der Waals surface area contributed by atoms with Crippen LogP contribution in [0.25, 0.3) is 5.73 Å². The number of nitrogens with zero attached hydrogens (tertiary/aromatic N) is 2. The quantitative estimate of drug-likeness (QED) is 0.371. The SMILES string of the molecule is Cc1ccc([N+](=O)[O-])c([NH-])c1C(=O)C1CCCN1C.[Ac]. The molecule has 105 valence electrons. The molecule has 1 aliphatic rings. The van der Waals surface area contributed by atoms with Gasteiger partial charge >= 0.3 is 0 Å². The second-order valence-electron chi connectivity index (χ2n) is 4.91. The van der Waals surface area contributed by atoms with E-state index in [1.807, 2.05) is 11.9 Å². The van der Waals surface area contributed by atoms with Crippen LogP contribution in [-0.4, -0.2) is 35.2 Å². The largest absolute Gasteiger partial charge is 0.693 e. The first kappa shape index (κ1) is 17.5. The number of ketones is 1. The number of likely N-dealkylation sites (N-methyl/N-ethyl adjacent to an activating group) is 1. The predicted molar refractivity (Wildman–Crippen MR) is 71.8 cm³/mol. The van der Waals surface area contributed by atoms with Crippen molar-refractivity contribution in [1.29, 1.82) is 0 Å². The fourth-order valence-corrected chi connectivity index (χ4v) is 2.57. The number of hydrogen-bond donors (Lipinski definition) is 0. The van der Waals surface area contributed by atoms with Crippen LogP contribution in [-0.2, 0) is 0 Å². The van der Waals surface area contributed by atoms with Crippen molar-refractivity contribution in [3.05, 3.63) is 39.1 Å². The molecule has 0 saturated carbocycles. The van der Waals surface area contributed by atoms with E-state index in [9.17, 15) is 14.9 Å². The summed E-state index contributed by atoms with van der Waals surface area (Å²) >= 11 is 0. The molecule has 0 amide bonds. The third-order valence-electron chi connectivity index (χ3n) is 3.66. The number of nitro groups is 1. The first-order valence-corrected chi connectivity index (χ1v) is 6.17. The van der Waals surface area contributed by atoms with Gasteiger partial charge in [0, 0.05) is 55.7 Å². The van der Waals surface area contributed by atoms with Crippen molar-refractivity contribution >= 4 is 17.2 Å². The number of benzene rings is 1. The molecule has 1 fully saturated rings. The van der Waals surface area contributed by atoms with Gasteiger partial charge in [0.05, 0.1) is 11.0 Å². The van der Waals surface area contributed by atoms with Gasteiger partial charge in [-0.05, 0) is 38.9 Å². The summed E-state index contributed by atoms with van der Waals surface area (Å²) in [4.78, 5) is 24.7. The molecule has 6 nitrogen and oxygen atoms in total. The molecular formula is C13H16AcN3O3-. The van der Waals surface area contributed by atoms with Gasteiger partial charge in [-0.15, -0.1) is 0 Å². The standard InChI is InChI=1S/C13H17N3O3.Ac/c1-8-5-6-9(16(18)19)12(14)11(8)13(17)10-4-3-7-15(10)2;/h5-6,10H,3-4,7H2,1-2H3,(H2,14,17);/p-1. The fraction of sp³-hybridized carbons (Fsp3) is 0.462. The molecule has 1 N–H and O–H groups in total. The van der Waals surface area contributed by atoms with Crippen molar-refractivity contribution in [3.8, 4) is 0 Å². The molecule has 20 heavy (non-hydrogen) atoms. The van der Waals surface area contributed by atoms with Crippen LogP contribution in [0.1, 0.15) is 28.8 Å². The zero-order valence-electron chi connectivity index (χ0n) is 11.5. The van der Waals surface area contributed by atoms with Gasteiger partial charge < -0.3 is 5.73 Å². The number of nitro benzene ring substituents is 1. The molecule has 7 heteroatoms. The first-order valence-electron chi connectivity index (χ1n) is 6.17. The maximum absolute atomic E-state index is 12.5. The second-order valence-corrected chi connectivity index (χ2v) is 4.91. The van der Waals surface area contributed by atoms with E-state index < -0.39 is 4.92 Å². The topological polar surface area (TPSA) is 87.2 Å². The summed E-state index contributed by atoms with van der Waals surface area (Å²) in [6, 6.07) is 2.57. The van der Waals surface area contributed by atoms with Crippen LogP contribution in [0, 0.1) is 61.1 Å². The molecule has 2 rings (SSSR count). The summed E-state index contributed by atoms with van der Waals surface area (Å²) in [5.74, 6) is -0.175. The number of hydrogen-bond acceptors (Lipinski definition) is 4. The Balaban J connectivity index is 0.00000200. The molecule has 1 radical (unpaired) electrons. The molecule has 1 aromatic carbocycles. The molecule has 1 aliphatic heterocycles. The molecule has 1 heterocycles. The van der Waals surface area contributed by atoms with Gasteiger partial charge in [-0.2, -0.15) is 0 Å². The number of nitrogens with one attached hydrogen (secondary N) is 1. The van der Waals surface area contributed by atoms with E-state index in [4.69, 9.17) is 5.73 Å². The average molecular weight is 489 g/mol. The van der Waals surface area contributed by atoms with Crippen molar-refractivity contribution in [2.75, 3.05) is 13.6 Å². The van der Waals surface area contributed by atoms with Crippen LogP contribution < -0.4 is 0 Å². The molecule has 0 bridgehead atoms. The Morgan fingerprint density at radius 3 is 2.65 bits per heavy atom. The first-order chi connectivity index (χ1) is 8.93. The fourth-order valence-electron chi connectivity index (χ4n) is 2.57. The van der Waals surface area contributed by atoms with E-state index >= 15 is 0 Å². The van der Waals surface area contributed by atoms with Gasteiger partial charge in [0.2, 0.25) is 0 Å². The summed E-state index contributed by atoms with van der Waals surface area (Å²) < 4.78 is 0. The van der Waals surface area contributed by atoms with E-state index in [0.29, 0.717) is 5.56 Å². The maximum Gasteiger partial charge on any atom is 0.255 e. The van der Waals surface area contributed by atoms with Gasteiger partial charge in [0.15, 0.2) is 5.78 Å². The van der Waals surface area contributed by atoms with Crippen LogP contribution in [0.4, 0.5) is 11.4 Å². The summed E-state index contributed by atoms with van der Waals surface area (Å²) in [6.45, 7) is 2.56. The van der Waals surface area contributed by atoms with E-state index in [0.717, 1.165) is 19.4 Å². The van der Waals surface area contributed by atoms with Gasteiger partial charge in [-0.1, -0.05) is 11.8 Å². The Hall–Kier alpha value is -0.508. The molecule has 1 atom stereocenters. The van der Waals surface area contributed by atoms with E-state index in [2.05, 4.69) is 0 Å². The number of carbonyl (C=O) groups is 1. The summed E-state index contributed by atoms with van der Waals surface area (Å²) in [5.41, 5.74) is 8.13. The Kier molecular flexibility index (Phi) is 6.11. The van der Waals surface area contributed by atoms with Crippen LogP contribution in [0.3, 0.4) is 0 Å². The predicted octanol–water partition coefficient (Wildman–Crippen LogP) is 2.86. The van der Waals surface area contributed by atoms with Crippen molar-refractivity contribution in [1.82, 2.24) is 4.90 Å². The van der Waals surface area contributed by atoms with Gasteiger partial charge in [-0.3, -0.25) is 19.8 Å². The van der Waals surface area contributed by atoms with Crippen LogP contribution in [0.5, 0.6) is 0 Å². The van der Waals surface area contributed by atoms with Crippen LogP contribution in [0.2, 0.25) is 0 Å². The Morgan fingerprint density at radius 1 is 1.50 bits per heavy atom. The third-order valence-corrected chi connectivity index (χ3v) is 3.66. The zero-order chi connectivity index (χ0) is 14.2. The number of carbonyl (C=O) groups excluding carboxylic acids is 1. The van der Waals surface area contributed by atoms with Gasteiger partial charge in [0.1, 0.15) is 0 Å². The number of aryl methyl sites for hydroxylation is 1. The number of Topliss-reactive ketones (excluding diaryl/α,β-unsaturated/α-hetero) is 1. The molecule has 1 aromatic rings. The monoisotopic (exact) mass is 489 g/mol. The van der Waals surface area contributed by atoms with Crippen molar-refractivity contribution < 1.29 is 53.8 Å². The minimum Gasteiger partial charge on any atom is -0.693 e. The van der Waals surface area contributed by atoms with Gasteiger partial charge in [-0.25, -0.2) is 0 Å². The molecule has 0 spiro atoms. The summed E-state index contributed by atoms with van der Waals surface area (Å²) in [5, 5.41) is 10.9. The van der Waals surface area contributed by atoms with E-state index in [1.54, 1.807) is 13.0 Å². The minimum absolute atomic E-state index is 0.